The fourth-order valence-electron chi connectivity index (χ4n) is 2.64. The average molecular weight is 442 g/mol. The Kier molecular flexibility index (Phi) is 9.36. The minimum absolute atomic E-state index is 0. The molecule has 1 aliphatic rings. The van der Waals surface area contributed by atoms with E-state index in [4.69, 9.17) is 0 Å². The molecule has 1 aromatic rings. The smallest absolute Gasteiger partial charge is 0.191 e. The van der Waals surface area contributed by atoms with Crippen LogP contribution in [0.15, 0.2) is 41.4 Å². The van der Waals surface area contributed by atoms with Crippen molar-refractivity contribution in [2.24, 2.45) is 4.99 Å². The van der Waals surface area contributed by atoms with Crippen LogP contribution in [0.2, 0.25) is 0 Å². The maximum Gasteiger partial charge on any atom is 0.191 e. The second-order valence-corrected chi connectivity index (χ2v) is 6.49. The minimum Gasteiger partial charge on any atom is -0.353 e. The van der Waals surface area contributed by atoms with Crippen molar-refractivity contribution in [1.82, 2.24) is 15.5 Å². The van der Waals surface area contributed by atoms with Crippen LogP contribution in [-0.2, 0) is 13.1 Å². The molecule has 1 aliphatic carbocycles. The molecule has 0 fully saturated rings. The number of nitrogens with one attached hydrogen (secondary N) is 2. The van der Waals surface area contributed by atoms with E-state index in [1.54, 1.807) is 0 Å². The minimum atomic E-state index is 0. The Labute approximate surface area is 163 Å². The van der Waals surface area contributed by atoms with Crippen LogP contribution in [-0.4, -0.2) is 37.0 Å². The average Bonchev–Trinajstić information content (AvgIpc) is 3.05. The summed E-state index contributed by atoms with van der Waals surface area (Å²) < 4.78 is 0. The molecule has 4 nitrogen and oxygen atoms in total. The number of aliphatic imine (C=N–C) groups is 1. The van der Waals surface area contributed by atoms with E-state index in [2.05, 4.69) is 77.8 Å². The summed E-state index contributed by atoms with van der Waals surface area (Å²) >= 11 is 0. The summed E-state index contributed by atoms with van der Waals surface area (Å²) in [6.45, 7) is 6.21. The van der Waals surface area contributed by atoms with E-state index in [0.717, 1.165) is 31.9 Å². The third-order valence-electron chi connectivity index (χ3n) is 4.44. The maximum absolute atomic E-state index is 4.34. The van der Waals surface area contributed by atoms with E-state index in [1.807, 2.05) is 7.05 Å². The van der Waals surface area contributed by atoms with Crippen molar-refractivity contribution in [3.63, 3.8) is 0 Å². The predicted octanol–water partition coefficient (Wildman–Crippen LogP) is 3.53. The molecule has 0 radical (unpaired) electrons. The maximum atomic E-state index is 4.34. The van der Waals surface area contributed by atoms with E-state index in [1.165, 1.54) is 11.1 Å². The molecule has 24 heavy (non-hydrogen) atoms. The zero-order valence-corrected chi connectivity index (χ0v) is 17.6. The first-order valence-corrected chi connectivity index (χ1v) is 8.49. The number of halogens is 1. The Balaban J connectivity index is 0.00000288. The molecule has 0 bridgehead atoms. The summed E-state index contributed by atoms with van der Waals surface area (Å²) in [6, 6.07) is 9.65. The number of hydrogen-bond donors (Lipinski definition) is 2. The molecular weight excluding hydrogens is 411 g/mol. The van der Waals surface area contributed by atoms with Gasteiger partial charge < -0.3 is 10.6 Å². The molecular formula is C19H31IN4. The van der Waals surface area contributed by atoms with Crippen molar-refractivity contribution in [3.05, 3.63) is 47.5 Å². The van der Waals surface area contributed by atoms with Gasteiger partial charge in [-0.05, 0) is 44.9 Å². The van der Waals surface area contributed by atoms with Gasteiger partial charge in [-0.1, -0.05) is 36.4 Å². The van der Waals surface area contributed by atoms with Gasteiger partial charge in [0.25, 0.3) is 0 Å². The molecule has 0 saturated carbocycles. The molecule has 0 aliphatic heterocycles. The number of nitrogens with zero attached hydrogens (tertiary/aromatic N) is 2. The third kappa shape index (κ3) is 6.43. The van der Waals surface area contributed by atoms with Gasteiger partial charge in [0.2, 0.25) is 0 Å². The molecule has 1 aromatic carbocycles. The van der Waals surface area contributed by atoms with Gasteiger partial charge >= 0.3 is 0 Å². The van der Waals surface area contributed by atoms with Crippen LogP contribution < -0.4 is 10.6 Å². The molecule has 2 rings (SSSR count). The van der Waals surface area contributed by atoms with Crippen molar-refractivity contribution in [3.8, 4) is 0 Å². The van der Waals surface area contributed by atoms with Gasteiger partial charge in [0.1, 0.15) is 0 Å². The molecule has 0 heterocycles. The van der Waals surface area contributed by atoms with Crippen LogP contribution in [0.25, 0.3) is 0 Å². The number of hydrogen-bond acceptors (Lipinski definition) is 2. The Morgan fingerprint density at radius 2 is 1.83 bits per heavy atom. The molecule has 5 heteroatoms. The molecule has 0 spiro atoms. The lowest BCUT2D eigenvalue weighted by molar-refractivity contribution is 0.265. The van der Waals surface area contributed by atoms with Gasteiger partial charge in [-0.3, -0.25) is 9.89 Å². The van der Waals surface area contributed by atoms with Gasteiger partial charge in [0, 0.05) is 32.2 Å². The standard InChI is InChI=1S/C19H30N4.HI/c1-15(2)23(4)14-17-10-6-5-9-16(17)13-21-19(20-3)22-18-11-7-8-12-18;/h5-10,15,18H,11-14H2,1-4H3,(H2,20,21,22);1H. The quantitative estimate of drug-likeness (QED) is 0.307. The first-order chi connectivity index (χ1) is 11.1. The van der Waals surface area contributed by atoms with Crippen molar-refractivity contribution >= 4 is 29.9 Å². The molecule has 134 valence electrons. The van der Waals surface area contributed by atoms with Gasteiger partial charge in [-0.15, -0.1) is 24.0 Å². The van der Waals surface area contributed by atoms with Crippen LogP contribution in [0.3, 0.4) is 0 Å². The first kappa shape index (κ1) is 21.0. The van der Waals surface area contributed by atoms with Crippen LogP contribution in [0.4, 0.5) is 0 Å². The van der Waals surface area contributed by atoms with Crippen molar-refractivity contribution < 1.29 is 0 Å². The molecule has 0 atom stereocenters. The van der Waals surface area contributed by atoms with Crippen LogP contribution in [0.5, 0.6) is 0 Å². The van der Waals surface area contributed by atoms with Gasteiger partial charge in [-0.2, -0.15) is 0 Å². The first-order valence-electron chi connectivity index (χ1n) is 8.49. The van der Waals surface area contributed by atoms with E-state index in [0.29, 0.717) is 12.1 Å². The number of guanidine groups is 1. The van der Waals surface area contributed by atoms with E-state index in [9.17, 15) is 0 Å². The summed E-state index contributed by atoms with van der Waals surface area (Å²) in [7, 11) is 4.00. The highest BCUT2D eigenvalue weighted by Gasteiger charge is 2.12. The van der Waals surface area contributed by atoms with E-state index >= 15 is 0 Å². The summed E-state index contributed by atoms with van der Waals surface area (Å²) in [4.78, 5) is 6.70. The summed E-state index contributed by atoms with van der Waals surface area (Å²) in [6.07, 6.45) is 6.61. The third-order valence-corrected chi connectivity index (χ3v) is 4.44. The highest BCUT2D eigenvalue weighted by atomic mass is 127. The summed E-state index contributed by atoms with van der Waals surface area (Å²) in [5.41, 5.74) is 2.70. The summed E-state index contributed by atoms with van der Waals surface area (Å²) in [5.74, 6) is 0.880. The largest absolute Gasteiger partial charge is 0.353 e. The van der Waals surface area contributed by atoms with Gasteiger partial charge in [0.05, 0.1) is 0 Å². The molecule has 0 aromatic heterocycles. The lowest BCUT2D eigenvalue weighted by Crippen LogP contribution is -2.42. The van der Waals surface area contributed by atoms with Crippen LogP contribution in [0, 0.1) is 0 Å². The van der Waals surface area contributed by atoms with Crippen molar-refractivity contribution in [2.45, 2.75) is 51.9 Å². The van der Waals surface area contributed by atoms with E-state index in [-0.39, 0.29) is 24.0 Å². The van der Waals surface area contributed by atoms with E-state index < -0.39 is 0 Å². The highest BCUT2D eigenvalue weighted by molar-refractivity contribution is 14.0. The van der Waals surface area contributed by atoms with Crippen molar-refractivity contribution in [2.75, 3.05) is 14.1 Å². The predicted molar refractivity (Wildman–Crippen MR) is 114 cm³/mol. The topological polar surface area (TPSA) is 39.7 Å². The Bertz CT molecular complexity index is 546. The number of rotatable bonds is 6. The second kappa shape index (κ2) is 10.7. The summed E-state index contributed by atoms with van der Waals surface area (Å²) in [5, 5.41) is 6.93. The fraction of sp³-hybridized carbons (Fsp3) is 0.526. The molecule has 0 unspecified atom stereocenters. The van der Waals surface area contributed by atoms with Gasteiger partial charge in [-0.25, -0.2) is 0 Å². The van der Waals surface area contributed by atoms with Crippen LogP contribution in [0.1, 0.15) is 37.8 Å². The fourth-order valence-corrected chi connectivity index (χ4v) is 2.64. The number of benzene rings is 1. The monoisotopic (exact) mass is 442 g/mol. The molecule has 2 N–H and O–H groups in total. The zero-order valence-electron chi connectivity index (χ0n) is 15.2. The van der Waals surface area contributed by atoms with Crippen molar-refractivity contribution in [1.29, 1.82) is 0 Å². The zero-order chi connectivity index (χ0) is 16.7. The highest BCUT2D eigenvalue weighted by Crippen LogP contribution is 2.13. The second-order valence-electron chi connectivity index (χ2n) is 6.49. The lowest BCUT2D eigenvalue weighted by Gasteiger charge is -2.23. The molecule has 0 amide bonds. The Hall–Kier alpha value is -1.08. The lowest BCUT2D eigenvalue weighted by atomic mass is 10.1. The van der Waals surface area contributed by atoms with Crippen LogP contribution >= 0.6 is 24.0 Å². The molecule has 0 saturated heterocycles. The SMILES string of the molecule is CN=C(NCc1ccccc1CN(C)C(C)C)NC1CC=CC1.I. The van der Waals surface area contributed by atoms with Gasteiger partial charge in [0.15, 0.2) is 5.96 Å². The Morgan fingerprint density at radius 1 is 1.21 bits per heavy atom. The Morgan fingerprint density at radius 3 is 2.42 bits per heavy atom. The normalized spacial score (nSPS) is 15.0.